The van der Waals surface area contributed by atoms with Gasteiger partial charge in [0.05, 0.1) is 27.8 Å². The van der Waals surface area contributed by atoms with Crippen LogP contribution in [0.5, 0.6) is 0 Å². The van der Waals surface area contributed by atoms with Crippen LogP contribution in [0, 0.1) is 23.2 Å². The molecule has 8 nitrogen and oxygen atoms in total. The second kappa shape index (κ2) is 10.2. The number of sulfone groups is 1. The molecule has 1 saturated heterocycles. The van der Waals surface area contributed by atoms with Gasteiger partial charge in [-0.3, -0.25) is 9.69 Å². The second-order valence-corrected chi connectivity index (χ2v) is 13.6. The van der Waals surface area contributed by atoms with Crippen molar-refractivity contribution in [3.05, 3.63) is 46.7 Å². The average molecular weight is 599 g/mol. The van der Waals surface area contributed by atoms with E-state index in [1.807, 2.05) is 0 Å². The molecule has 2 N–H and O–H groups in total. The van der Waals surface area contributed by atoms with Gasteiger partial charge in [0.1, 0.15) is 16.9 Å². The van der Waals surface area contributed by atoms with Crippen molar-refractivity contribution in [3.8, 4) is 17.2 Å². The summed E-state index contributed by atoms with van der Waals surface area (Å²) in [5.74, 6) is -5.45. The third-order valence-corrected chi connectivity index (χ3v) is 10.8. The molecule has 0 radical (unpaired) electrons. The van der Waals surface area contributed by atoms with Crippen molar-refractivity contribution in [2.75, 3.05) is 13.1 Å². The van der Waals surface area contributed by atoms with Gasteiger partial charge >= 0.3 is 0 Å². The van der Waals surface area contributed by atoms with Crippen molar-refractivity contribution >= 4 is 38.9 Å². The van der Waals surface area contributed by atoms with E-state index in [1.165, 1.54) is 23.2 Å². The zero-order valence-corrected chi connectivity index (χ0v) is 23.0. The lowest BCUT2D eigenvalue weighted by Crippen LogP contribution is -2.47. The number of pyridine rings is 1. The highest BCUT2D eigenvalue weighted by atomic mass is 35.5. The van der Waals surface area contributed by atoms with E-state index < -0.39 is 63.5 Å². The Morgan fingerprint density at radius 3 is 2.49 bits per heavy atom. The number of alkyl halides is 2. The number of aliphatic hydroxyl groups is 1. The fraction of sp³-hybridized carbons (Fsp3) is 0.500. The lowest BCUT2D eigenvalue weighted by atomic mass is 9.92. The summed E-state index contributed by atoms with van der Waals surface area (Å²) < 4.78 is 55.3. The third-order valence-electron chi connectivity index (χ3n) is 7.93. The van der Waals surface area contributed by atoms with E-state index in [9.17, 15) is 32.4 Å². The maximum Gasteiger partial charge on any atom is 0.261 e. The fourth-order valence-electron chi connectivity index (χ4n) is 5.56. The zero-order valence-electron chi connectivity index (χ0n) is 20.7. The van der Waals surface area contributed by atoms with Crippen LogP contribution < -0.4 is 5.32 Å². The molecule has 1 aromatic carbocycles. The van der Waals surface area contributed by atoms with Crippen molar-refractivity contribution < 1.29 is 27.1 Å². The Morgan fingerprint density at radius 2 is 1.90 bits per heavy atom. The van der Waals surface area contributed by atoms with Gasteiger partial charge in [-0.1, -0.05) is 29.3 Å². The molecule has 3 aliphatic rings. The fourth-order valence-corrected chi connectivity index (χ4v) is 8.12. The molecule has 13 heteroatoms. The molecule has 2 saturated carbocycles. The number of aliphatic hydroxyl groups excluding tert-OH is 1. The Balaban J connectivity index is 1.42. The van der Waals surface area contributed by atoms with Gasteiger partial charge in [-0.2, -0.15) is 5.26 Å². The van der Waals surface area contributed by atoms with Crippen molar-refractivity contribution in [1.29, 1.82) is 5.26 Å². The number of hydrogen-bond donors (Lipinski definition) is 2. The number of rotatable bonds is 7. The Labute approximate surface area is 234 Å². The van der Waals surface area contributed by atoms with Gasteiger partial charge < -0.3 is 10.4 Å². The van der Waals surface area contributed by atoms with E-state index in [1.54, 1.807) is 18.2 Å². The Kier molecular flexibility index (Phi) is 7.40. The number of benzene rings is 1. The SMILES string of the molecule is N#CC1(NC(=O)[C@@H]2C[C@@H](S(=O)(=O)c3ccc(-c4ccnc(Cl)c4)cc3Cl)C[C@H]2C(O)N2CCC(F)(F)C2)CC1. The molecule has 3 fully saturated rings. The first-order valence-electron chi connectivity index (χ1n) is 12.5. The number of carbonyl (C=O) groups is 1. The Hall–Kier alpha value is -2.36. The first-order valence-corrected chi connectivity index (χ1v) is 14.8. The molecule has 5 rings (SSSR count). The van der Waals surface area contributed by atoms with E-state index >= 15 is 0 Å². The first kappa shape index (κ1) is 28.2. The van der Waals surface area contributed by atoms with Crippen LogP contribution in [0.2, 0.25) is 10.2 Å². The molecule has 4 atom stereocenters. The molecular weight excluding hydrogens is 573 g/mol. The van der Waals surface area contributed by atoms with Gasteiger partial charge in [0.15, 0.2) is 9.84 Å². The summed E-state index contributed by atoms with van der Waals surface area (Å²) in [6.45, 7) is -0.754. The molecule has 39 heavy (non-hydrogen) atoms. The lowest BCUT2D eigenvalue weighted by molar-refractivity contribution is -0.131. The molecule has 2 aliphatic carbocycles. The van der Waals surface area contributed by atoms with Crippen molar-refractivity contribution in [3.63, 3.8) is 0 Å². The number of hydrogen-bond acceptors (Lipinski definition) is 7. The number of nitrogens with zero attached hydrogens (tertiary/aromatic N) is 3. The highest BCUT2D eigenvalue weighted by Crippen LogP contribution is 2.45. The quantitative estimate of drug-likeness (QED) is 0.461. The van der Waals surface area contributed by atoms with E-state index in [4.69, 9.17) is 23.2 Å². The molecule has 1 aliphatic heterocycles. The van der Waals surface area contributed by atoms with E-state index in [0.29, 0.717) is 24.0 Å². The van der Waals surface area contributed by atoms with Crippen LogP contribution >= 0.6 is 23.2 Å². The van der Waals surface area contributed by atoms with E-state index in [-0.39, 0.29) is 34.5 Å². The summed E-state index contributed by atoms with van der Waals surface area (Å²) in [6.07, 6.45) is 0.318. The predicted octanol–water partition coefficient (Wildman–Crippen LogP) is 4.06. The molecule has 2 aromatic rings. The second-order valence-electron chi connectivity index (χ2n) is 10.6. The normalized spacial score (nSPS) is 26.6. The number of nitrogens with one attached hydrogen (secondary N) is 1. The molecule has 2 heterocycles. The molecule has 1 amide bonds. The number of halogens is 4. The summed E-state index contributed by atoms with van der Waals surface area (Å²) in [5, 5.41) is 22.3. The Bertz CT molecular complexity index is 1450. The standard InChI is InChI=1S/C26H26Cl2F2N4O4S/c27-20-9-15(16-3-7-32-22(28)10-16)1-2-21(20)39(37,38)17-11-18(23(35)33-25(13-31)4-5-25)19(12-17)24(36)34-8-6-26(29,30)14-34/h1-3,7,9-10,17-19,24,36H,4-6,8,11-12,14H2,(H,33,35)/t17-,18-,19-,24?/m1/s1. The average Bonchev–Trinajstić information content (AvgIpc) is 3.33. The van der Waals surface area contributed by atoms with Crippen LogP contribution in [0.15, 0.2) is 41.4 Å². The summed E-state index contributed by atoms with van der Waals surface area (Å²) in [6, 6.07) is 9.85. The van der Waals surface area contributed by atoms with E-state index in [2.05, 4.69) is 16.4 Å². The Morgan fingerprint density at radius 1 is 1.18 bits per heavy atom. The van der Waals surface area contributed by atoms with Gasteiger partial charge in [-0.25, -0.2) is 22.2 Å². The van der Waals surface area contributed by atoms with Crippen molar-refractivity contribution in [1.82, 2.24) is 15.2 Å². The van der Waals surface area contributed by atoms with Crippen molar-refractivity contribution in [2.45, 2.75) is 59.9 Å². The highest BCUT2D eigenvalue weighted by molar-refractivity contribution is 7.92. The molecule has 0 spiro atoms. The maximum atomic E-state index is 13.9. The minimum absolute atomic E-state index is 0.0222. The van der Waals surface area contributed by atoms with Crippen molar-refractivity contribution in [2.24, 2.45) is 11.8 Å². The van der Waals surface area contributed by atoms with Gasteiger partial charge in [-0.15, -0.1) is 0 Å². The van der Waals surface area contributed by atoms with E-state index in [0.717, 1.165) is 0 Å². The van der Waals surface area contributed by atoms with Crippen LogP contribution in [0.25, 0.3) is 11.1 Å². The number of amides is 1. The third kappa shape index (κ3) is 5.63. The number of likely N-dealkylation sites (tertiary alicyclic amines) is 1. The zero-order chi connectivity index (χ0) is 28.2. The van der Waals surface area contributed by atoms with Crippen LogP contribution in [-0.4, -0.2) is 65.3 Å². The smallest absolute Gasteiger partial charge is 0.261 e. The summed E-state index contributed by atoms with van der Waals surface area (Å²) in [7, 11) is -4.08. The van der Waals surface area contributed by atoms with Gasteiger partial charge in [0.25, 0.3) is 5.92 Å². The van der Waals surface area contributed by atoms with Gasteiger partial charge in [-0.05, 0) is 61.1 Å². The van der Waals surface area contributed by atoms with Crippen LogP contribution in [-0.2, 0) is 14.6 Å². The number of carbonyl (C=O) groups excluding carboxylic acids is 1. The van der Waals surface area contributed by atoms with Crippen LogP contribution in [0.4, 0.5) is 8.78 Å². The van der Waals surface area contributed by atoms with Crippen LogP contribution in [0.1, 0.15) is 32.1 Å². The minimum atomic E-state index is -4.08. The maximum absolute atomic E-state index is 13.9. The largest absolute Gasteiger partial charge is 0.378 e. The first-order chi connectivity index (χ1) is 18.3. The monoisotopic (exact) mass is 598 g/mol. The summed E-state index contributed by atoms with van der Waals surface area (Å²) in [5.41, 5.74) is 0.316. The highest BCUT2D eigenvalue weighted by Gasteiger charge is 2.53. The van der Waals surface area contributed by atoms with Gasteiger partial charge in [0.2, 0.25) is 5.91 Å². The summed E-state index contributed by atoms with van der Waals surface area (Å²) in [4.78, 5) is 18.2. The predicted molar refractivity (Wildman–Crippen MR) is 140 cm³/mol. The van der Waals surface area contributed by atoms with Gasteiger partial charge in [0, 0.05) is 31.0 Å². The molecule has 1 unspecified atom stereocenters. The van der Waals surface area contributed by atoms with Crippen LogP contribution in [0.3, 0.4) is 0 Å². The molecular formula is C26H26Cl2F2N4O4S. The molecule has 208 valence electrons. The molecule has 1 aromatic heterocycles. The lowest BCUT2D eigenvalue weighted by Gasteiger charge is -2.31. The summed E-state index contributed by atoms with van der Waals surface area (Å²) >= 11 is 12.4. The number of nitriles is 1. The molecule has 0 bridgehead atoms. The minimum Gasteiger partial charge on any atom is -0.378 e. The topological polar surface area (TPSA) is 123 Å². The number of aromatic nitrogens is 1.